The monoisotopic (exact) mass is 792 g/mol. The zero-order valence-corrected chi connectivity index (χ0v) is 33.0. The molecule has 294 valence electrons. The first kappa shape index (κ1) is 41.3. The molecule has 15 nitrogen and oxygen atoms in total. The summed E-state index contributed by atoms with van der Waals surface area (Å²) in [6.45, 7) is 7.00. The lowest BCUT2D eigenvalue weighted by Gasteiger charge is -2.36. The fourth-order valence-electron chi connectivity index (χ4n) is 6.44. The number of ketones is 1. The van der Waals surface area contributed by atoms with Crippen LogP contribution in [0.25, 0.3) is 0 Å². The molecule has 2 fully saturated rings. The third-order valence-corrected chi connectivity index (χ3v) is 12.6. The Morgan fingerprint density at radius 1 is 0.964 bits per heavy atom. The summed E-state index contributed by atoms with van der Waals surface area (Å²) >= 11 is 3.40. The summed E-state index contributed by atoms with van der Waals surface area (Å²) < 4.78 is 4.98. The Morgan fingerprint density at radius 3 is 2.25 bits per heavy atom. The highest BCUT2D eigenvalue weighted by Crippen LogP contribution is 2.50. The van der Waals surface area contributed by atoms with Crippen LogP contribution >= 0.6 is 23.5 Å². The second-order valence-electron chi connectivity index (χ2n) is 14.5. The first-order valence-corrected chi connectivity index (χ1v) is 20.2. The van der Waals surface area contributed by atoms with Crippen molar-refractivity contribution >= 4 is 59.0 Å². The zero-order valence-electron chi connectivity index (χ0n) is 31.3. The number of aromatic nitrogens is 3. The van der Waals surface area contributed by atoms with Crippen molar-refractivity contribution in [3.05, 3.63) is 78.4 Å². The topological polar surface area (TPSA) is 205 Å². The Kier molecular flexibility index (Phi) is 14.0. The highest BCUT2D eigenvalue weighted by molar-refractivity contribution is 8.18. The number of H-pyrrole nitrogens is 1. The normalized spacial score (nSPS) is 18.0. The van der Waals surface area contributed by atoms with E-state index in [1.165, 1.54) is 11.2 Å². The number of carbonyl (C=O) groups excluding carboxylic acids is 6. The number of rotatable bonds is 14. The molecule has 5 amide bonds. The smallest absolute Gasteiger partial charge is 0.410 e. The highest BCUT2D eigenvalue weighted by Gasteiger charge is 2.53. The molecule has 1 spiro atoms. The molecule has 5 rings (SSSR count). The van der Waals surface area contributed by atoms with Gasteiger partial charge in [0.15, 0.2) is 5.82 Å². The van der Waals surface area contributed by atoms with Crippen LogP contribution in [0.5, 0.6) is 5.75 Å². The molecule has 55 heavy (non-hydrogen) atoms. The van der Waals surface area contributed by atoms with Crippen LogP contribution in [-0.4, -0.2) is 102 Å². The Morgan fingerprint density at radius 2 is 1.64 bits per heavy atom. The molecule has 2 saturated heterocycles. The molecule has 3 aromatic rings. The van der Waals surface area contributed by atoms with E-state index in [2.05, 4.69) is 36.4 Å². The largest absolute Gasteiger partial charge is 0.413 e. The number of para-hydroxylation sites is 1. The molecule has 0 aliphatic carbocycles. The van der Waals surface area contributed by atoms with E-state index < -0.39 is 75.7 Å². The number of hydrogen-bond acceptors (Lipinski definition) is 11. The van der Waals surface area contributed by atoms with Crippen molar-refractivity contribution in [3.8, 4) is 5.75 Å². The van der Waals surface area contributed by atoms with Gasteiger partial charge in [-0.25, -0.2) is 9.78 Å². The van der Waals surface area contributed by atoms with Crippen molar-refractivity contribution in [2.75, 3.05) is 24.6 Å². The van der Waals surface area contributed by atoms with E-state index >= 15 is 0 Å². The van der Waals surface area contributed by atoms with Crippen LogP contribution in [0.4, 0.5) is 4.79 Å². The minimum atomic E-state index is -1.20. The first-order valence-electron chi connectivity index (χ1n) is 18.2. The number of ether oxygens (including phenoxy) is 1. The third-order valence-electron chi connectivity index (χ3n) is 9.21. The van der Waals surface area contributed by atoms with Crippen LogP contribution in [-0.2, 0) is 24.0 Å². The number of Topliss-reactive ketones (excluding diaryl/α,β-unsaturated/α-hetero) is 1. The fraction of sp³-hybridized carbons (Fsp3) is 0.474. The van der Waals surface area contributed by atoms with Crippen molar-refractivity contribution in [2.24, 2.45) is 5.41 Å². The number of benzene rings is 2. The minimum absolute atomic E-state index is 0.151. The van der Waals surface area contributed by atoms with Gasteiger partial charge in [-0.2, -0.15) is 5.10 Å². The molecule has 2 aliphatic heterocycles. The molecule has 5 N–H and O–H groups in total. The van der Waals surface area contributed by atoms with Gasteiger partial charge in [0.05, 0.1) is 16.7 Å². The lowest BCUT2D eigenvalue weighted by atomic mass is 9.85. The summed E-state index contributed by atoms with van der Waals surface area (Å²) in [4.78, 5) is 86.9. The van der Waals surface area contributed by atoms with E-state index in [1.54, 1.807) is 66.0 Å². The second-order valence-corrected chi connectivity index (χ2v) is 17.7. The average molecular weight is 793 g/mol. The van der Waals surface area contributed by atoms with Crippen LogP contribution in [0.2, 0.25) is 0 Å². The maximum atomic E-state index is 14.4. The Bertz CT molecular complexity index is 1800. The molecule has 17 heteroatoms. The standard InChI is InChI=1S/C38H48N8O7S2/c1-5-13-26(30(48)34(50)39-21-28(47)43-29(32-40-23-41-45-32)24-14-8-6-9-15-24)42-33(49)27-20-38(54-18-12-19-55-38)22-46(27)35(51)31(37(2,3)4)44-36(52)53-25-16-10-7-11-17-25/h6-11,14-17,23,26-27,29,31H,5,12-13,18-22H2,1-4H3,(H,39,50)(H,42,49)(H,43,47)(H,44,52)(H,40,41,45). The average Bonchev–Trinajstić information content (AvgIpc) is 3.84. The maximum Gasteiger partial charge on any atom is 0.413 e. The number of hydrogen-bond donors (Lipinski definition) is 5. The molecular weight excluding hydrogens is 745 g/mol. The van der Waals surface area contributed by atoms with E-state index in [0.29, 0.717) is 24.4 Å². The van der Waals surface area contributed by atoms with Crippen LogP contribution < -0.4 is 26.0 Å². The first-order chi connectivity index (χ1) is 26.3. The highest BCUT2D eigenvalue weighted by atomic mass is 32.2. The van der Waals surface area contributed by atoms with Crippen molar-refractivity contribution in [1.82, 2.24) is 41.3 Å². The maximum absolute atomic E-state index is 14.4. The summed E-state index contributed by atoms with van der Waals surface area (Å²) in [5, 5.41) is 17.3. The number of nitrogens with one attached hydrogen (secondary N) is 5. The second kappa shape index (κ2) is 18.6. The van der Waals surface area contributed by atoms with Crippen molar-refractivity contribution in [3.63, 3.8) is 0 Å². The molecule has 2 aromatic carbocycles. The van der Waals surface area contributed by atoms with Gasteiger partial charge in [0.25, 0.3) is 5.91 Å². The summed E-state index contributed by atoms with van der Waals surface area (Å²) in [5.74, 6) is -1.14. The van der Waals surface area contributed by atoms with E-state index in [1.807, 2.05) is 45.9 Å². The minimum Gasteiger partial charge on any atom is -0.410 e. The number of likely N-dealkylation sites (tertiary alicyclic amines) is 1. The SMILES string of the molecule is CCCC(NC(=O)C1CC2(CN1C(=O)C(NC(=O)Oc1ccccc1)C(C)(C)C)SCCCS2)C(=O)C(=O)NCC(=O)NC(c1ccccc1)c1ncn[nH]1. The number of carbonyl (C=O) groups is 6. The molecular formula is C38H48N8O7S2. The number of nitrogens with zero attached hydrogens (tertiary/aromatic N) is 3. The third kappa shape index (κ3) is 10.9. The van der Waals surface area contributed by atoms with Gasteiger partial charge in [0.2, 0.25) is 23.5 Å². The molecule has 1 aromatic heterocycles. The van der Waals surface area contributed by atoms with Gasteiger partial charge in [0, 0.05) is 13.0 Å². The molecule has 0 bridgehead atoms. The van der Waals surface area contributed by atoms with Gasteiger partial charge in [-0.15, -0.1) is 23.5 Å². The van der Waals surface area contributed by atoms with E-state index in [-0.39, 0.29) is 13.0 Å². The van der Waals surface area contributed by atoms with Gasteiger partial charge in [-0.05, 0) is 47.5 Å². The van der Waals surface area contributed by atoms with Crippen LogP contribution in [0.3, 0.4) is 0 Å². The molecule has 4 atom stereocenters. The number of aromatic amines is 1. The van der Waals surface area contributed by atoms with Crippen molar-refractivity contribution < 1.29 is 33.5 Å². The molecule has 2 aliphatic rings. The molecule has 3 heterocycles. The molecule has 4 unspecified atom stereocenters. The zero-order chi connectivity index (χ0) is 39.6. The van der Waals surface area contributed by atoms with E-state index in [9.17, 15) is 28.8 Å². The van der Waals surface area contributed by atoms with Crippen LogP contribution in [0.1, 0.15) is 70.8 Å². The Hall–Kier alpha value is -4.90. The van der Waals surface area contributed by atoms with Crippen molar-refractivity contribution in [1.29, 1.82) is 0 Å². The van der Waals surface area contributed by atoms with E-state index in [0.717, 1.165) is 23.5 Å². The van der Waals surface area contributed by atoms with Gasteiger partial charge >= 0.3 is 6.09 Å². The number of amides is 5. The number of thioether (sulfide) groups is 2. The molecule has 0 radical (unpaired) electrons. The van der Waals surface area contributed by atoms with Crippen LogP contribution in [0.15, 0.2) is 67.0 Å². The summed E-state index contributed by atoms with van der Waals surface area (Å²) in [6.07, 6.45) is 2.43. The predicted octanol–water partition coefficient (Wildman–Crippen LogP) is 3.35. The van der Waals surface area contributed by atoms with E-state index in [4.69, 9.17) is 4.74 Å². The lowest BCUT2D eigenvalue weighted by molar-refractivity contribution is -0.144. The van der Waals surface area contributed by atoms with Gasteiger partial charge in [0.1, 0.15) is 30.2 Å². The lowest BCUT2D eigenvalue weighted by Crippen LogP contribution is -2.59. The van der Waals surface area contributed by atoms with Crippen LogP contribution in [0, 0.1) is 5.41 Å². The summed E-state index contributed by atoms with van der Waals surface area (Å²) in [5.41, 5.74) is -0.0408. The summed E-state index contributed by atoms with van der Waals surface area (Å²) in [6, 6.07) is 13.6. The summed E-state index contributed by atoms with van der Waals surface area (Å²) in [7, 11) is 0. The predicted molar refractivity (Wildman–Crippen MR) is 209 cm³/mol. The Balaban J connectivity index is 1.27. The van der Waals surface area contributed by atoms with Gasteiger partial charge < -0.3 is 30.9 Å². The van der Waals surface area contributed by atoms with Gasteiger partial charge in [-0.1, -0.05) is 82.6 Å². The molecule has 0 saturated carbocycles. The Labute approximate surface area is 328 Å². The quantitative estimate of drug-likeness (QED) is 0.150. The van der Waals surface area contributed by atoms with Gasteiger partial charge in [-0.3, -0.25) is 29.1 Å². The fourth-order valence-corrected chi connectivity index (χ4v) is 9.79. The van der Waals surface area contributed by atoms with Crippen molar-refractivity contribution in [2.45, 2.75) is 81.6 Å².